The van der Waals surface area contributed by atoms with Crippen molar-refractivity contribution in [2.24, 2.45) is 0 Å². The van der Waals surface area contributed by atoms with E-state index in [0.29, 0.717) is 25.2 Å². The Morgan fingerprint density at radius 3 is 2.80 bits per heavy atom. The first kappa shape index (κ1) is 17.5. The highest BCUT2D eigenvalue weighted by atomic mass is 19.1. The fraction of sp³-hybridized carbons (Fsp3) is 0.421. The summed E-state index contributed by atoms with van der Waals surface area (Å²) in [6.45, 7) is 1.14. The maximum Gasteiger partial charge on any atom is 0.220 e. The lowest BCUT2D eigenvalue weighted by molar-refractivity contribution is -0.121. The van der Waals surface area contributed by atoms with Crippen LogP contribution >= 0.6 is 0 Å². The van der Waals surface area contributed by atoms with Gasteiger partial charge in [-0.1, -0.05) is 12.1 Å². The van der Waals surface area contributed by atoms with Gasteiger partial charge in [0.25, 0.3) is 0 Å². The summed E-state index contributed by atoms with van der Waals surface area (Å²) >= 11 is 0. The first-order valence-electron chi connectivity index (χ1n) is 8.64. The monoisotopic (exact) mass is 343 g/mol. The van der Waals surface area contributed by atoms with Crippen LogP contribution in [0.2, 0.25) is 0 Å². The van der Waals surface area contributed by atoms with Gasteiger partial charge < -0.3 is 10.1 Å². The molecule has 0 aliphatic carbocycles. The Balaban J connectivity index is 1.43. The highest BCUT2D eigenvalue weighted by Gasteiger charge is 2.18. The summed E-state index contributed by atoms with van der Waals surface area (Å²) in [6.07, 6.45) is 7.46. The molecule has 5 nitrogen and oxygen atoms in total. The summed E-state index contributed by atoms with van der Waals surface area (Å²) < 4.78 is 18.8. The number of benzene rings is 1. The molecule has 1 N–H and O–H groups in total. The molecule has 1 aromatic heterocycles. The van der Waals surface area contributed by atoms with Crippen LogP contribution < -0.4 is 5.32 Å². The Morgan fingerprint density at radius 2 is 2.08 bits per heavy atom. The molecule has 1 aromatic carbocycles. The predicted molar refractivity (Wildman–Crippen MR) is 91.1 cm³/mol. The number of ether oxygens (including phenoxy) is 1. The fourth-order valence-electron chi connectivity index (χ4n) is 2.81. The third-order valence-corrected chi connectivity index (χ3v) is 4.21. The maximum absolute atomic E-state index is 13.1. The van der Waals surface area contributed by atoms with Gasteiger partial charge in [-0.2, -0.15) is 0 Å². The van der Waals surface area contributed by atoms with Gasteiger partial charge in [0.05, 0.1) is 0 Å². The largest absolute Gasteiger partial charge is 0.370 e. The number of carbonyl (C=O) groups is 1. The summed E-state index contributed by atoms with van der Waals surface area (Å²) in [4.78, 5) is 20.6. The zero-order valence-corrected chi connectivity index (χ0v) is 14.1. The number of hydrogen-bond acceptors (Lipinski definition) is 4. The molecule has 0 bridgehead atoms. The molecule has 1 aliphatic heterocycles. The van der Waals surface area contributed by atoms with E-state index in [-0.39, 0.29) is 17.8 Å². The van der Waals surface area contributed by atoms with Crippen LogP contribution in [-0.2, 0) is 22.5 Å². The number of hydrogen-bond donors (Lipinski definition) is 1. The lowest BCUT2D eigenvalue weighted by Crippen LogP contribution is -2.23. The summed E-state index contributed by atoms with van der Waals surface area (Å²) in [5.74, 6) is 0.349. The van der Waals surface area contributed by atoms with Gasteiger partial charge in [-0.25, -0.2) is 14.4 Å². The van der Waals surface area contributed by atoms with E-state index in [4.69, 9.17) is 4.74 Å². The Bertz CT molecular complexity index is 700. The van der Waals surface area contributed by atoms with E-state index < -0.39 is 0 Å². The van der Waals surface area contributed by atoms with Crippen LogP contribution in [0.1, 0.15) is 48.7 Å². The average molecular weight is 343 g/mol. The SMILES string of the molecule is O=C(CCc1cccc(F)c1)NCc1cnc([C@H]2CCCCO2)nc1. The lowest BCUT2D eigenvalue weighted by atomic mass is 10.1. The van der Waals surface area contributed by atoms with Crippen molar-refractivity contribution in [2.45, 2.75) is 44.8 Å². The number of halogens is 1. The zero-order chi connectivity index (χ0) is 17.5. The van der Waals surface area contributed by atoms with Crippen LogP contribution in [0.5, 0.6) is 0 Å². The minimum absolute atomic E-state index is 0.0105. The summed E-state index contributed by atoms with van der Waals surface area (Å²) in [5.41, 5.74) is 1.66. The van der Waals surface area contributed by atoms with Crippen LogP contribution in [-0.4, -0.2) is 22.5 Å². The van der Waals surface area contributed by atoms with Crippen LogP contribution in [0.15, 0.2) is 36.7 Å². The van der Waals surface area contributed by atoms with Gasteiger partial charge in [0.1, 0.15) is 11.9 Å². The highest BCUT2D eigenvalue weighted by Crippen LogP contribution is 2.24. The van der Waals surface area contributed by atoms with E-state index in [2.05, 4.69) is 15.3 Å². The second-order valence-electron chi connectivity index (χ2n) is 6.21. The Hall–Kier alpha value is -2.34. The molecular weight excluding hydrogens is 321 g/mol. The standard InChI is InChI=1S/C19H22FN3O2/c20-16-5-3-4-14(10-16)7-8-18(24)21-11-15-12-22-19(23-13-15)17-6-1-2-9-25-17/h3-5,10,12-13,17H,1-2,6-9,11H2,(H,21,24)/t17-/m1/s1. The van der Waals surface area contributed by atoms with Crippen LogP contribution in [0.4, 0.5) is 4.39 Å². The molecule has 25 heavy (non-hydrogen) atoms. The van der Waals surface area contributed by atoms with E-state index in [9.17, 15) is 9.18 Å². The molecule has 6 heteroatoms. The second-order valence-corrected chi connectivity index (χ2v) is 6.21. The van der Waals surface area contributed by atoms with Crippen LogP contribution in [0, 0.1) is 5.82 Å². The fourth-order valence-corrected chi connectivity index (χ4v) is 2.81. The lowest BCUT2D eigenvalue weighted by Gasteiger charge is -2.21. The van der Waals surface area contributed by atoms with E-state index in [1.807, 2.05) is 6.07 Å². The quantitative estimate of drug-likeness (QED) is 0.875. The molecule has 0 saturated carbocycles. The minimum Gasteiger partial charge on any atom is -0.370 e. The smallest absolute Gasteiger partial charge is 0.220 e. The maximum atomic E-state index is 13.1. The van der Waals surface area contributed by atoms with Gasteiger partial charge in [-0.3, -0.25) is 4.79 Å². The highest BCUT2D eigenvalue weighted by molar-refractivity contribution is 5.76. The van der Waals surface area contributed by atoms with Gasteiger partial charge in [0.2, 0.25) is 5.91 Å². The van der Waals surface area contributed by atoms with E-state index >= 15 is 0 Å². The summed E-state index contributed by atoms with van der Waals surface area (Å²) in [7, 11) is 0. The normalized spacial score (nSPS) is 17.2. The third-order valence-electron chi connectivity index (χ3n) is 4.21. The molecule has 1 amide bonds. The van der Waals surface area contributed by atoms with Gasteiger partial charge in [0, 0.05) is 37.5 Å². The average Bonchev–Trinajstić information content (AvgIpc) is 2.66. The topological polar surface area (TPSA) is 64.1 Å². The number of nitrogens with zero attached hydrogens (tertiary/aromatic N) is 2. The van der Waals surface area contributed by atoms with Crippen molar-refractivity contribution in [3.05, 3.63) is 59.4 Å². The van der Waals surface area contributed by atoms with Crippen molar-refractivity contribution in [3.8, 4) is 0 Å². The van der Waals surface area contributed by atoms with Crippen molar-refractivity contribution < 1.29 is 13.9 Å². The van der Waals surface area contributed by atoms with Crippen molar-refractivity contribution in [3.63, 3.8) is 0 Å². The molecule has 1 fully saturated rings. The first-order chi connectivity index (χ1) is 12.2. The first-order valence-corrected chi connectivity index (χ1v) is 8.64. The predicted octanol–water partition coefficient (Wildman–Crippen LogP) is 3.11. The molecule has 2 aromatic rings. The molecule has 132 valence electrons. The van der Waals surface area contributed by atoms with E-state index in [1.54, 1.807) is 18.5 Å². The third kappa shape index (κ3) is 5.32. The molecule has 0 unspecified atom stereocenters. The summed E-state index contributed by atoms with van der Waals surface area (Å²) in [5, 5.41) is 2.84. The Kier molecular flexibility index (Phi) is 6.06. The molecule has 0 radical (unpaired) electrons. The van der Waals surface area contributed by atoms with Gasteiger partial charge in [-0.05, 0) is 43.4 Å². The van der Waals surface area contributed by atoms with Crippen LogP contribution in [0.25, 0.3) is 0 Å². The number of rotatable bonds is 6. The molecule has 2 heterocycles. The van der Waals surface area contributed by atoms with E-state index in [1.165, 1.54) is 12.1 Å². The van der Waals surface area contributed by atoms with Gasteiger partial charge in [-0.15, -0.1) is 0 Å². The number of aryl methyl sites for hydroxylation is 1. The Morgan fingerprint density at radius 1 is 1.24 bits per heavy atom. The molecule has 3 rings (SSSR count). The van der Waals surface area contributed by atoms with Crippen LogP contribution in [0.3, 0.4) is 0 Å². The van der Waals surface area contributed by atoms with Crippen molar-refractivity contribution in [1.82, 2.24) is 15.3 Å². The minimum atomic E-state index is -0.280. The van der Waals surface area contributed by atoms with Crippen molar-refractivity contribution in [2.75, 3.05) is 6.61 Å². The number of carbonyl (C=O) groups excluding carboxylic acids is 1. The number of nitrogens with one attached hydrogen (secondary N) is 1. The summed E-state index contributed by atoms with van der Waals surface area (Å²) in [6, 6.07) is 6.31. The Labute approximate surface area is 146 Å². The molecule has 1 aliphatic rings. The van der Waals surface area contributed by atoms with Crippen molar-refractivity contribution >= 4 is 5.91 Å². The van der Waals surface area contributed by atoms with Gasteiger partial charge >= 0.3 is 0 Å². The molecule has 1 saturated heterocycles. The second kappa shape index (κ2) is 8.67. The van der Waals surface area contributed by atoms with Crippen molar-refractivity contribution in [1.29, 1.82) is 0 Å². The molecule has 0 spiro atoms. The van der Waals surface area contributed by atoms with E-state index in [0.717, 1.165) is 37.0 Å². The zero-order valence-electron chi connectivity index (χ0n) is 14.1. The molecular formula is C19H22FN3O2. The molecule has 1 atom stereocenters. The number of amides is 1. The number of aromatic nitrogens is 2. The van der Waals surface area contributed by atoms with Gasteiger partial charge in [0.15, 0.2) is 5.82 Å².